The Bertz CT molecular complexity index is 1060. The van der Waals surface area contributed by atoms with Crippen LogP contribution in [0, 0.1) is 12.7 Å². The number of nitrogens with zero attached hydrogens (tertiary/aromatic N) is 4. The van der Waals surface area contributed by atoms with Gasteiger partial charge >= 0.3 is 0 Å². The molecular formula is C17H17FN4O3S2. The van der Waals surface area contributed by atoms with Crippen LogP contribution in [-0.2, 0) is 10.0 Å². The van der Waals surface area contributed by atoms with E-state index in [0.29, 0.717) is 48.5 Å². The van der Waals surface area contributed by atoms with Gasteiger partial charge < -0.3 is 9.32 Å². The van der Waals surface area contributed by atoms with E-state index in [1.165, 1.54) is 10.4 Å². The van der Waals surface area contributed by atoms with Crippen molar-refractivity contribution < 1.29 is 17.2 Å². The summed E-state index contributed by atoms with van der Waals surface area (Å²) in [6.07, 6.45) is 0. The van der Waals surface area contributed by atoms with Gasteiger partial charge in [-0.1, -0.05) is 12.1 Å². The van der Waals surface area contributed by atoms with Gasteiger partial charge in [-0.15, -0.1) is 21.5 Å². The van der Waals surface area contributed by atoms with Crippen LogP contribution in [0.5, 0.6) is 0 Å². The molecule has 0 atom stereocenters. The van der Waals surface area contributed by atoms with Crippen molar-refractivity contribution in [2.45, 2.75) is 11.1 Å². The summed E-state index contributed by atoms with van der Waals surface area (Å²) in [6, 6.07) is 9.74. The number of aromatic nitrogens is 2. The summed E-state index contributed by atoms with van der Waals surface area (Å²) < 4.78 is 46.8. The van der Waals surface area contributed by atoms with Crippen molar-refractivity contribution in [2.75, 3.05) is 31.1 Å². The molecule has 0 unspecified atom stereocenters. The minimum absolute atomic E-state index is 0.229. The van der Waals surface area contributed by atoms with Crippen molar-refractivity contribution in [3.63, 3.8) is 0 Å². The van der Waals surface area contributed by atoms with E-state index < -0.39 is 10.0 Å². The van der Waals surface area contributed by atoms with Crippen LogP contribution >= 0.6 is 11.3 Å². The van der Waals surface area contributed by atoms with Crippen molar-refractivity contribution in [1.29, 1.82) is 0 Å². The Labute approximate surface area is 160 Å². The molecule has 1 fully saturated rings. The van der Waals surface area contributed by atoms with E-state index in [9.17, 15) is 12.8 Å². The summed E-state index contributed by atoms with van der Waals surface area (Å²) >= 11 is 1.10. The smallest absolute Gasteiger partial charge is 0.257 e. The van der Waals surface area contributed by atoms with Crippen LogP contribution in [0.4, 0.5) is 10.1 Å². The molecule has 27 heavy (non-hydrogen) atoms. The van der Waals surface area contributed by atoms with Gasteiger partial charge in [-0.25, -0.2) is 12.8 Å². The lowest BCUT2D eigenvalue weighted by molar-refractivity contribution is 0.384. The van der Waals surface area contributed by atoms with Gasteiger partial charge in [0.15, 0.2) is 0 Å². The summed E-state index contributed by atoms with van der Waals surface area (Å²) in [6.45, 7) is 3.13. The van der Waals surface area contributed by atoms with Gasteiger partial charge in [0.25, 0.3) is 15.9 Å². The Morgan fingerprint density at radius 2 is 1.81 bits per heavy atom. The third kappa shape index (κ3) is 3.47. The lowest BCUT2D eigenvalue weighted by atomic mass is 10.2. The first-order valence-electron chi connectivity index (χ1n) is 8.35. The molecule has 1 saturated heterocycles. The topological polar surface area (TPSA) is 79.5 Å². The Morgan fingerprint density at radius 1 is 1.07 bits per heavy atom. The lowest BCUT2D eigenvalue weighted by Crippen LogP contribution is -2.48. The minimum atomic E-state index is -3.62. The zero-order valence-electron chi connectivity index (χ0n) is 14.5. The van der Waals surface area contributed by atoms with E-state index in [2.05, 4.69) is 10.2 Å². The number of thiophene rings is 1. The number of para-hydroxylation sites is 1. The van der Waals surface area contributed by atoms with Crippen LogP contribution in [-0.4, -0.2) is 49.1 Å². The van der Waals surface area contributed by atoms with Crippen LogP contribution in [0.1, 0.15) is 5.89 Å². The number of hydrogen-bond acceptors (Lipinski definition) is 7. The van der Waals surface area contributed by atoms with Crippen molar-refractivity contribution in [2.24, 2.45) is 0 Å². The Hall–Kier alpha value is -2.30. The quantitative estimate of drug-likeness (QED) is 0.661. The van der Waals surface area contributed by atoms with E-state index >= 15 is 0 Å². The molecule has 10 heteroatoms. The molecule has 4 rings (SSSR count). The number of piperazine rings is 1. The molecule has 3 heterocycles. The minimum Gasteiger partial charge on any atom is -0.420 e. The van der Waals surface area contributed by atoms with E-state index in [1.807, 2.05) is 4.90 Å². The van der Waals surface area contributed by atoms with Crippen LogP contribution < -0.4 is 4.90 Å². The zero-order chi connectivity index (χ0) is 19.0. The number of hydrogen-bond donors (Lipinski definition) is 0. The molecule has 0 spiro atoms. The van der Waals surface area contributed by atoms with Crippen molar-refractivity contribution in [3.8, 4) is 10.8 Å². The molecule has 0 N–H and O–H groups in total. The van der Waals surface area contributed by atoms with E-state index in [1.54, 1.807) is 37.3 Å². The number of halogens is 1. The highest BCUT2D eigenvalue weighted by Gasteiger charge is 2.30. The first kappa shape index (κ1) is 18.1. The second-order valence-electron chi connectivity index (χ2n) is 6.09. The maximum absolute atomic E-state index is 13.9. The van der Waals surface area contributed by atoms with E-state index in [4.69, 9.17) is 4.42 Å². The number of aryl methyl sites for hydroxylation is 1. The SMILES string of the molecule is Cc1nnc(-c2ccc(S(=O)(=O)N3CCN(c4ccccc4F)CC3)s2)o1. The highest BCUT2D eigenvalue weighted by Crippen LogP contribution is 2.32. The molecule has 0 saturated carbocycles. The molecule has 1 aliphatic rings. The molecule has 0 bridgehead atoms. The van der Waals surface area contributed by atoms with Crippen LogP contribution in [0.3, 0.4) is 0 Å². The van der Waals surface area contributed by atoms with Gasteiger partial charge in [-0.2, -0.15) is 4.31 Å². The third-order valence-corrected chi connectivity index (χ3v) is 7.78. The van der Waals surface area contributed by atoms with Crippen molar-refractivity contribution in [3.05, 3.63) is 48.1 Å². The molecule has 0 amide bonds. The molecule has 7 nitrogen and oxygen atoms in total. The fourth-order valence-electron chi connectivity index (χ4n) is 2.97. The molecule has 142 valence electrons. The zero-order valence-corrected chi connectivity index (χ0v) is 16.1. The van der Waals surface area contributed by atoms with Gasteiger partial charge in [-0.05, 0) is 24.3 Å². The first-order chi connectivity index (χ1) is 12.9. The molecular weight excluding hydrogens is 391 g/mol. The lowest BCUT2D eigenvalue weighted by Gasteiger charge is -2.35. The summed E-state index contributed by atoms with van der Waals surface area (Å²) in [5.41, 5.74) is 0.500. The summed E-state index contributed by atoms with van der Waals surface area (Å²) in [4.78, 5) is 2.47. The summed E-state index contributed by atoms with van der Waals surface area (Å²) in [5, 5.41) is 7.68. The number of benzene rings is 1. The van der Waals surface area contributed by atoms with Crippen LogP contribution in [0.15, 0.2) is 45.0 Å². The van der Waals surface area contributed by atoms with E-state index in [-0.39, 0.29) is 10.0 Å². The molecule has 3 aromatic rings. The third-order valence-electron chi connectivity index (χ3n) is 4.34. The Kier molecular flexibility index (Phi) is 4.70. The number of rotatable bonds is 4. The van der Waals surface area contributed by atoms with Gasteiger partial charge in [0, 0.05) is 33.1 Å². The monoisotopic (exact) mass is 408 g/mol. The summed E-state index contributed by atoms with van der Waals surface area (Å²) in [7, 11) is -3.62. The normalized spacial score (nSPS) is 16.0. The largest absolute Gasteiger partial charge is 0.420 e. The Morgan fingerprint density at radius 3 is 2.48 bits per heavy atom. The summed E-state index contributed by atoms with van der Waals surface area (Å²) in [5.74, 6) is 0.432. The second-order valence-corrected chi connectivity index (χ2v) is 9.34. The predicted octanol–water partition coefficient (Wildman–Crippen LogP) is 2.76. The first-order valence-corrected chi connectivity index (χ1v) is 10.6. The fourth-order valence-corrected chi connectivity index (χ4v) is 5.78. The standard InChI is InChI=1S/C17H17FN4O3S2/c1-12-19-20-17(25-12)15-6-7-16(26-15)27(23,24)22-10-8-21(9-11-22)14-5-3-2-4-13(14)18/h2-7H,8-11H2,1H3. The highest BCUT2D eigenvalue weighted by atomic mass is 32.2. The molecule has 1 aliphatic heterocycles. The average molecular weight is 408 g/mol. The van der Waals surface area contributed by atoms with Gasteiger partial charge in [-0.3, -0.25) is 0 Å². The van der Waals surface area contributed by atoms with Gasteiger partial charge in [0.1, 0.15) is 10.0 Å². The number of anilines is 1. The van der Waals surface area contributed by atoms with Crippen molar-refractivity contribution >= 4 is 27.0 Å². The molecule has 2 aromatic heterocycles. The molecule has 0 aliphatic carbocycles. The maximum atomic E-state index is 13.9. The van der Waals surface area contributed by atoms with Gasteiger partial charge in [0.05, 0.1) is 10.6 Å². The van der Waals surface area contributed by atoms with Crippen molar-refractivity contribution in [1.82, 2.24) is 14.5 Å². The predicted molar refractivity (Wildman–Crippen MR) is 99.7 cm³/mol. The maximum Gasteiger partial charge on any atom is 0.257 e. The van der Waals surface area contributed by atoms with E-state index in [0.717, 1.165) is 11.3 Å². The van der Waals surface area contributed by atoms with Crippen LogP contribution in [0.25, 0.3) is 10.8 Å². The van der Waals surface area contributed by atoms with Crippen LogP contribution in [0.2, 0.25) is 0 Å². The Balaban J connectivity index is 1.49. The number of sulfonamides is 1. The van der Waals surface area contributed by atoms with Gasteiger partial charge in [0.2, 0.25) is 5.89 Å². The highest BCUT2D eigenvalue weighted by molar-refractivity contribution is 7.91. The molecule has 0 radical (unpaired) electrons. The second kappa shape index (κ2) is 7.02. The molecule has 1 aromatic carbocycles. The average Bonchev–Trinajstić information content (AvgIpc) is 3.32. The fraction of sp³-hybridized carbons (Fsp3) is 0.294.